The van der Waals surface area contributed by atoms with E-state index >= 15 is 0 Å². The molecule has 0 bridgehead atoms. The van der Waals surface area contributed by atoms with Crippen LogP contribution in [0.25, 0.3) is 44.3 Å². The van der Waals surface area contributed by atoms with Crippen LogP contribution in [0.2, 0.25) is 51.4 Å². The number of para-hydroxylation sites is 2. The first-order valence-electron chi connectivity index (χ1n) is 20.7. The molecule has 0 aliphatic carbocycles. The van der Waals surface area contributed by atoms with Crippen molar-refractivity contribution in [3.63, 3.8) is 0 Å². The van der Waals surface area contributed by atoms with Crippen molar-refractivity contribution in [2.45, 2.75) is 64.8 Å². The minimum Gasteiger partial charge on any atom is -0.379 e. The number of rotatable bonds is 13. The lowest BCUT2D eigenvalue weighted by Crippen LogP contribution is -2.36. The Morgan fingerprint density at radius 3 is 1.61 bits per heavy atom. The minimum atomic E-state index is -1.11. The Kier molecular flexibility index (Phi) is 15.9. The average Bonchev–Trinajstić information content (AvgIpc) is 3.81. The predicted molar refractivity (Wildman–Crippen MR) is 241 cm³/mol. The van der Waals surface area contributed by atoms with Crippen LogP contribution in [0, 0.1) is 5.95 Å². The molecule has 0 spiro atoms. The van der Waals surface area contributed by atoms with Crippen LogP contribution in [0.5, 0.6) is 0 Å². The second-order valence-corrected chi connectivity index (χ2v) is 28.4. The zero-order chi connectivity index (χ0) is 41.7. The summed E-state index contributed by atoms with van der Waals surface area (Å²) < 4.78 is 39.5. The van der Waals surface area contributed by atoms with Crippen LogP contribution in [-0.4, -0.2) is 111 Å². The molecule has 15 heteroatoms. The van der Waals surface area contributed by atoms with Crippen molar-refractivity contribution < 1.29 is 23.3 Å². The molecule has 2 aliphatic heterocycles. The first kappa shape index (κ1) is 44.2. The topological polar surface area (TPSA) is 114 Å². The summed E-state index contributed by atoms with van der Waals surface area (Å²) in [6, 6.07) is 25.9. The van der Waals surface area contributed by atoms with Gasteiger partial charge < -0.3 is 29.2 Å². The Labute approximate surface area is 350 Å². The van der Waals surface area contributed by atoms with Gasteiger partial charge >= 0.3 is 0 Å². The molecule has 0 radical (unpaired) electrons. The van der Waals surface area contributed by atoms with Gasteiger partial charge in [0, 0.05) is 95.9 Å². The van der Waals surface area contributed by atoms with Crippen LogP contribution in [0.4, 0.5) is 10.2 Å². The third-order valence-corrected chi connectivity index (χ3v) is 13.3. The first-order valence-corrected chi connectivity index (χ1v) is 28.1. The smallest absolute Gasteiger partial charge is 0.213 e. The van der Waals surface area contributed by atoms with Crippen molar-refractivity contribution >= 4 is 43.8 Å². The number of pyridine rings is 2. The Balaban J connectivity index is 0.000000176. The lowest BCUT2D eigenvalue weighted by Gasteiger charge is -2.27. The van der Waals surface area contributed by atoms with Gasteiger partial charge in [-0.2, -0.15) is 14.6 Å². The molecule has 0 unspecified atom stereocenters. The standard InChI is InChI=1S/C22H30N4O2Si.C18H22FN3OSi.C4H9NO/c1-29(2,3)15-14-28-17-26-20-7-5-4-6-19(20)22(24-26)18-8-9-23-21(16-18)25-10-12-27-13-11-25;1-24(2,3)11-10-23-13-22-16-7-5-4-6-15(16)18(21-22)14-8-9-20-17(19)12-14;1-3-6-4-2-5-1/h4-9,16H,10-15,17H2,1-3H3;4-9,12H,10-11,13H2,1-3H3;5H,1-4H2. The number of fused-ring (bicyclic) bond motifs is 2. The number of ether oxygens (including phenoxy) is 4. The van der Waals surface area contributed by atoms with Gasteiger partial charge in [-0.15, -0.1) is 0 Å². The minimum absolute atomic E-state index is 0.401. The summed E-state index contributed by atoms with van der Waals surface area (Å²) in [5.41, 5.74) is 5.61. The van der Waals surface area contributed by atoms with Gasteiger partial charge in [0.25, 0.3) is 0 Å². The molecule has 0 amide bonds. The summed E-state index contributed by atoms with van der Waals surface area (Å²) in [5, 5.41) is 14.8. The number of aromatic nitrogens is 6. The first-order chi connectivity index (χ1) is 28.4. The van der Waals surface area contributed by atoms with E-state index in [0.717, 1.165) is 128 Å². The van der Waals surface area contributed by atoms with Crippen molar-refractivity contribution in [1.29, 1.82) is 0 Å². The van der Waals surface area contributed by atoms with E-state index in [2.05, 4.69) is 94.9 Å². The van der Waals surface area contributed by atoms with Gasteiger partial charge in [0.15, 0.2) is 0 Å². The Hall–Kier alpha value is -4.36. The van der Waals surface area contributed by atoms with Crippen LogP contribution >= 0.6 is 0 Å². The molecule has 0 atom stereocenters. The van der Waals surface area contributed by atoms with Gasteiger partial charge in [-0.25, -0.2) is 19.3 Å². The number of halogens is 1. The summed E-state index contributed by atoms with van der Waals surface area (Å²) in [6.07, 6.45) is 3.33. The molecule has 6 heterocycles. The number of hydrogen-bond acceptors (Lipinski definition) is 10. The van der Waals surface area contributed by atoms with Gasteiger partial charge in [-0.1, -0.05) is 75.7 Å². The van der Waals surface area contributed by atoms with E-state index in [1.165, 1.54) is 12.3 Å². The molecule has 2 fully saturated rings. The number of benzene rings is 2. The van der Waals surface area contributed by atoms with Gasteiger partial charge in [0.05, 0.1) is 37.5 Å². The number of nitrogens with zero attached hydrogens (tertiary/aromatic N) is 7. The number of nitrogens with one attached hydrogen (secondary N) is 1. The zero-order valence-corrected chi connectivity index (χ0v) is 37.6. The largest absolute Gasteiger partial charge is 0.379 e. The van der Waals surface area contributed by atoms with Gasteiger partial charge in [0.1, 0.15) is 30.7 Å². The fraction of sp³-hybridized carbons (Fsp3) is 0.455. The number of morpholine rings is 2. The van der Waals surface area contributed by atoms with Crippen molar-refractivity contribution in [2.24, 2.45) is 0 Å². The van der Waals surface area contributed by atoms with Gasteiger partial charge in [-0.3, -0.25) is 0 Å². The summed E-state index contributed by atoms with van der Waals surface area (Å²) in [6.45, 7) is 23.6. The fourth-order valence-corrected chi connectivity index (χ4v) is 8.05. The molecule has 12 nitrogen and oxygen atoms in total. The normalized spacial score (nSPS) is 14.8. The molecule has 316 valence electrons. The maximum Gasteiger partial charge on any atom is 0.213 e. The van der Waals surface area contributed by atoms with E-state index in [4.69, 9.17) is 24.0 Å². The summed E-state index contributed by atoms with van der Waals surface area (Å²) in [5.74, 6) is 0.480. The lowest BCUT2D eigenvalue weighted by atomic mass is 10.1. The van der Waals surface area contributed by atoms with E-state index < -0.39 is 22.1 Å². The van der Waals surface area contributed by atoms with E-state index in [1.54, 1.807) is 6.07 Å². The van der Waals surface area contributed by atoms with Crippen molar-refractivity contribution in [1.82, 2.24) is 34.8 Å². The third kappa shape index (κ3) is 13.3. The van der Waals surface area contributed by atoms with Gasteiger partial charge in [0.2, 0.25) is 5.95 Å². The molecular formula is C44H61FN8O4Si2. The molecule has 0 saturated carbocycles. The zero-order valence-electron chi connectivity index (χ0n) is 35.6. The second kappa shape index (κ2) is 21.2. The highest BCUT2D eigenvalue weighted by atomic mass is 28.3. The quantitative estimate of drug-likeness (QED) is 0.0691. The molecular weight excluding hydrogens is 780 g/mol. The van der Waals surface area contributed by atoms with Crippen LogP contribution in [0.15, 0.2) is 85.2 Å². The maximum atomic E-state index is 13.5. The monoisotopic (exact) mass is 840 g/mol. The SMILES string of the molecule is C1COCCN1.C[Si](C)(C)CCOCn1nc(-c2ccnc(F)c2)c2ccccc21.C[Si](C)(C)CCOCn1nc(-c2ccnc(N3CCOCC3)c2)c2ccccc21. The maximum absolute atomic E-state index is 13.5. The summed E-state index contributed by atoms with van der Waals surface area (Å²) >= 11 is 0. The highest BCUT2D eigenvalue weighted by Gasteiger charge is 2.18. The third-order valence-electron chi connectivity index (χ3n) is 9.94. The van der Waals surface area contributed by atoms with Crippen LogP contribution in [0.1, 0.15) is 0 Å². The molecule has 6 aromatic rings. The Morgan fingerprint density at radius 1 is 0.644 bits per heavy atom. The molecule has 4 aromatic heterocycles. The van der Waals surface area contributed by atoms with E-state index in [-0.39, 0.29) is 0 Å². The lowest BCUT2D eigenvalue weighted by molar-refractivity contribution is 0.0818. The Bertz CT molecular complexity index is 2200. The predicted octanol–water partition coefficient (Wildman–Crippen LogP) is 8.40. The number of anilines is 1. The molecule has 2 aromatic carbocycles. The summed E-state index contributed by atoms with van der Waals surface area (Å²) in [4.78, 5) is 10.5. The van der Waals surface area contributed by atoms with Crippen LogP contribution in [-0.2, 0) is 32.4 Å². The second-order valence-electron chi connectivity index (χ2n) is 17.2. The molecule has 2 aliphatic rings. The molecule has 1 N–H and O–H groups in total. The highest BCUT2D eigenvalue weighted by Crippen LogP contribution is 2.31. The van der Waals surface area contributed by atoms with Crippen molar-refractivity contribution in [3.05, 3.63) is 91.1 Å². The average molecular weight is 841 g/mol. The molecule has 59 heavy (non-hydrogen) atoms. The van der Waals surface area contributed by atoms with Crippen LogP contribution < -0.4 is 10.2 Å². The number of hydrogen-bond donors (Lipinski definition) is 1. The van der Waals surface area contributed by atoms with E-state index in [9.17, 15) is 4.39 Å². The fourth-order valence-electron chi connectivity index (χ4n) is 6.53. The van der Waals surface area contributed by atoms with Crippen molar-refractivity contribution in [2.75, 3.05) is 70.7 Å². The molecule has 8 rings (SSSR count). The van der Waals surface area contributed by atoms with Crippen LogP contribution in [0.3, 0.4) is 0 Å². The van der Waals surface area contributed by atoms with Crippen molar-refractivity contribution in [3.8, 4) is 22.5 Å². The van der Waals surface area contributed by atoms with E-state index in [0.29, 0.717) is 13.5 Å². The van der Waals surface area contributed by atoms with Gasteiger partial charge in [-0.05, 0) is 42.4 Å². The Morgan fingerprint density at radius 2 is 1.14 bits per heavy atom. The summed E-state index contributed by atoms with van der Waals surface area (Å²) in [7, 11) is -2.20. The molecule has 2 saturated heterocycles. The highest BCUT2D eigenvalue weighted by molar-refractivity contribution is 6.76. The van der Waals surface area contributed by atoms with E-state index in [1.807, 2.05) is 45.9 Å².